The normalized spacial score (nSPS) is 8.89. The highest BCUT2D eigenvalue weighted by Crippen LogP contribution is 2.26. The van der Waals surface area contributed by atoms with Gasteiger partial charge in [-0.2, -0.15) is 0 Å². The van der Waals surface area contributed by atoms with Crippen LogP contribution < -0.4 is 0 Å². The summed E-state index contributed by atoms with van der Waals surface area (Å²) in [6.45, 7) is 0. The van der Waals surface area contributed by atoms with E-state index in [1.165, 1.54) is 0 Å². The van der Waals surface area contributed by atoms with E-state index in [2.05, 4.69) is 23.7 Å². The van der Waals surface area contributed by atoms with Gasteiger partial charge in [-0.3, -0.25) is 0 Å². The maximum atomic E-state index is 5.53. The summed E-state index contributed by atoms with van der Waals surface area (Å²) in [5.41, 5.74) is 2.74. The summed E-state index contributed by atoms with van der Waals surface area (Å²) in [5, 5.41) is 1.72. The van der Waals surface area contributed by atoms with Crippen LogP contribution >= 0.6 is 0 Å². The summed E-state index contributed by atoms with van der Waals surface area (Å²) in [5.74, 6) is 10.4. The number of hydrogen-bond acceptors (Lipinski definition) is 0. The molecule has 0 saturated heterocycles. The van der Waals surface area contributed by atoms with Crippen molar-refractivity contribution in [1.82, 2.24) is 0 Å². The second kappa shape index (κ2) is 4.44. The van der Waals surface area contributed by atoms with Crippen molar-refractivity contribution in [3.8, 4) is 49.4 Å². The maximum absolute atomic E-state index is 5.53. The first-order valence-electron chi connectivity index (χ1n) is 5.22. The number of benzene rings is 2. The van der Waals surface area contributed by atoms with Gasteiger partial charge in [-0.25, -0.2) is 0 Å². The maximum Gasteiger partial charge on any atom is 0.0478 e. The lowest BCUT2D eigenvalue weighted by atomic mass is 9.94. The lowest BCUT2D eigenvalue weighted by molar-refractivity contribution is 1.60. The summed E-state index contributed by atoms with van der Waals surface area (Å²) in [6.07, 6.45) is 21.9. The van der Waals surface area contributed by atoms with Crippen LogP contribution in [0.4, 0.5) is 0 Å². The summed E-state index contributed by atoms with van der Waals surface area (Å²) in [7, 11) is 0. The van der Waals surface area contributed by atoms with E-state index in [1.54, 1.807) is 6.07 Å². The van der Waals surface area contributed by atoms with Crippen LogP contribution in [0.15, 0.2) is 24.3 Å². The molecule has 0 N–H and O–H groups in total. The van der Waals surface area contributed by atoms with E-state index in [9.17, 15) is 0 Å². The van der Waals surface area contributed by atoms with Gasteiger partial charge in [-0.1, -0.05) is 29.7 Å². The van der Waals surface area contributed by atoms with Crippen LogP contribution in [0.3, 0.4) is 0 Å². The molecule has 0 bridgehead atoms. The molecule has 2 rings (SSSR count). The van der Waals surface area contributed by atoms with Crippen LogP contribution in [-0.4, -0.2) is 0 Å². The lowest BCUT2D eigenvalue weighted by Crippen LogP contribution is -1.91. The van der Waals surface area contributed by atoms with Gasteiger partial charge in [0.25, 0.3) is 0 Å². The van der Waals surface area contributed by atoms with E-state index in [0.717, 1.165) is 21.9 Å². The average molecular weight is 224 g/mol. The molecule has 0 heteroatoms. The van der Waals surface area contributed by atoms with E-state index < -0.39 is 0 Å². The average Bonchev–Trinajstić information content (AvgIpc) is 2.44. The molecule has 0 radical (unpaired) electrons. The van der Waals surface area contributed by atoms with Crippen LogP contribution in [-0.2, 0) is 0 Å². The minimum Gasteiger partial charge on any atom is -0.115 e. The minimum atomic E-state index is 0.618. The van der Waals surface area contributed by atoms with Gasteiger partial charge in [0.05, 0.1) is 0 Å². The highest BCUT2D eigenvalue weighted by atomic mass is 14.1. The molecule has 0 amide bonds. The molecule has 0 fully saturated rings. The first kappa shape index (κ1) is 11.4. The fraction of sp³-hybridized carbons (Fsp3) is 0. The van der Waals surface area contributed by atoms with Crippen LogP contribution in [0, 0.1) is 49.4 Å². The predicted molar refractivity (Wildman–Crippen MR) is 75.7 cm³/mol. The number of terminal acetylenes is 4. The molecule has 0 aromatic heterocycles. The van der Waals surface area contributed by atoms with Crippen LogP contribution in [0.2, 0.25) is 0 Å². The van der Waals surface area contributed by atoms with Crippen LogP contribution in [0.25, 0.3) is 10.8 Å². The quantitative estimate of drug-likeness (QED) is 0.604. The third-order valence-electron chi connectivity index (χ3n) is 2.76. The molecule has 2 aromatic carbocycles. The van der Waals surface area contributed by atoms with Gasteiger partial charge < -0.3 is 0 Å². The van der Waals surface area contributed by atoms with Gasteiger partial charge in [0.1, 0.15) is 0 Å². The zero-order chi connectivity index (χ0) is 13.1. The van der Waals surface area contributed by atoms with Crippen molar-refractivity contribution in [3.05, 3.63) is 46.5 Å². The van der Waals surface area contributed by atoms with Crippen LogP contribution in [0.5, 0.6) is 0 Å². The van der Waals surface area contributed by atoms with E-state index in [4.69, 9.17) is 25.7 Å². The Labute approximate surface area is 107 Å². The molecule has 0 nitrogen and oxygen atoms in total. The Kier molecular flexibility index (Phi) is 2.82. The van der Waals surface area contributed by atoms with E-state index >= 15 is 0 Å². The standard InChI is InChI=1S/C18H8/c1-5-13-9-10-17-15(7-3)12-14(6-2)16(8-4)18(17)11-13/h1-4,9-12H. The van der Waals surface area contributed by atoms with Crippen molar-refractivity contribution in [2.24, 2.45) is 0 Å². The third-order valence-corrected chi connectivity index (χ3v) is 2.76. The third kappa shape index (κ3) is 1.60. The molecule has 0 atom stereocenters. The molecule has 0 saturated carbocycles. The highest BCUT2D eigenvalue weighted by molar-refractivity contribution is 5.95. The predicted octanol–water partition coefficient (Wildman–Crippen LogP) is 2.77. The Morgan fingerprint density at radius 2 is 1.39 bits per heavy atom. The van der Waals surface area contributed by atoms with Crippen molar-refractivity contribution in [3.63, 3.8) is 0 Å². The number of rotatable bonds is 0. The van der Waals surface area contributed by atoms with Crippen LogP contribution in [0.1, 0.15) is 22.3 Å². The second-order valence-corrected chi connectivity index (χ2v) is 3.68. The van der Waals surface area contributed by atoms with Gasteiger partial charge in [0.2, 0.25) is 0 Å². The lowest BCUT2D eigenvalue weighted by Gasteiger charge is -2.07. The molecular formula is C18H8. The Bertz CT molecular complexity index is 807. The fourth-order valence-corrected chi connectivity index (χ4v) is 1.90. The topological polar surface area (TPSA) is 0 Å². The van der Waals surface area contributed by atoms with Gasteiger partial charge >= 0.3 is 0 Å². The Balaban J connectivity index is 3.05. The summed E-state index contributed by atoms with van der Waals surface area (Å²) in [4.78, 5) is 0. The molecule has 2 aromatic rings. The summed E-state index contributed by atoms with van der Waals surface area (Å²) in [6, 6.07) is 7.30. The fourth-order valence-electron chi connectivity index (χ4n) is 1.90. The highest BCUT2D eigenvalue weighted by Gasteiger charge is 2.09. The largest absolute Gasteiger partial charge is 0.115 e. The molecule has 0 spiro atoms. The van der Waals surface area contributed by atoms with Crippen molar-refractivity contribution in [1.29, 1.82) is 0 Å². The second-order valence-electron chi connectivity index (χ2n) is 3.68. The summed E-state index contributed by atoms with van der Waals surface area (Å²) < 4.78 is 0. The molecule has 18 heavy (non-hydrogen) atoms. The Morgan fingerprint density at radius 1 is 0.667 bits per heavy atom. The number of fused-ring (bicyclic) bond motifs is 1. The molecule has 0 unspecified atom stereocenters. The molecular weight excluding hydrogens is 216 g/mol. The summed E-state index contributed by atoms with van der Waals surface area (Å²) >= 11 is 0. The SMILES string of the molecule is C#Cc1ccc2c(C#C)cc(C#C)c(C#C)c2c1. The van der Waals surface area contributed by atoms with Gasteiger partial charge in [-0.05, 0) is 23.6 Å². The Hall–Kier alpha value is -3.06. The van der Waals surface area contributed by atoms with E-state index in [0.29, 0.717) is 11.1 Å². The van der Waals surface area contributed by atoms with E-state index in [1.807, 2.05) is 18.2 Å². The molecule has 0 heterocycles. The van der Waals surface area contributed by atoms with Gasteiger partial charge in [-0.15, -0.1) is 25.7 Å². The monoisotopic (exact) mass is 224 g/mol. The van der Waals surface area contributed by atoms with Crippen molar-refractivity contribution in [2.75, 3.05) is 0 Å². The van der Waals surface area contributed by atoms with Crippen molar-refractivity contribution >= 4 is 10.8 Å². The molecule has 0 aliphatic carbocycles. The van der Waals surface area contributed by atoms with E-state index in [-0.39, 0.29) is 0 Å². The Morgan fingerprint density at radius 3 is 1.94 bits per heavy atom. The first-order valence-corrected chi connectivity index (χ1v) is 5.22. The van der Waals surface area contributed by atoms with Gasteiger partial charge in [0, 0.05) is 27.6 Å². The van der Waals surface area contributed by atoms with Crippen molar-refractivity contribution < 1.29 is 0 Å². The minimum absolute atomic E-state index is 0.618. The first-order chi connectivity index (χ1) is 8.74. The zero-order valence-corrected chi connectivity index (χ0v) is 9.62. The smallest absolute Gasteiger partial charge is 0.0478 e. The molecule has 0 aliphatic rings. The zero-order valence-electron chi connectivity index (χ0n) is 9.62. The van der Waals surface area contributed by atoms with Crippen molar-refractivity contribution in [2.45, 2.75) is 0 Å². The molecule has 0 aliphatic heterocycles. The number of hydrogen-bond donors (Lipinski definition) is 0. The molecule has 80 valence electrons. The van der Waals surface area contributed by atoms with Gasteiger partial charge in [0.15, 0.2) is 0 Å².